The van der Waals surface area contributed by atoms with Gasteiger partial charge in [-0.25, -0.2) is 5.43 Å². The standard InChI is InChI=1S/C20H17BrN2O2S/c21-18-8-4-2-6-15(18)12-26-13-20(25)23-22-11-17-16-7-3-1-5-14(16)9-10-19(17)24/h1-11,24H,12-13H2,(H,23,25). The fourth-order valence-corrected chi connectivity index (χ4v) is 3.92. The van der Waals surface area contributed by atoms with Crippen LogP contribution < -0.4 is 5.43 Å². The number of carbonyl (C=O) groups excluding carboxylic acids is 1. The number of hydrazone groups is 1. The molecular formula is C20H17BrN2O2S. The number of carbonyl (C=O) groups is 1. The first-order valence-electron chi connectivity index (χ1n) is 7.99. The Labute approximate surface area is 164 Å². The largest absolute Gasteiger partial charge is 0.507 e. The van der Waals surface area contributed by atoms with Crippen molar-refractivity contribution < 1.29 is 9.90 Å². The van der Waals surface area contributed by atoms with E-state index in [0.717, 1.165) is 26.6 Å². The molecule has 132 valence electrons. The van der Waals surface area contributed by atoms with E-state index in [1.807, 2.05) is 54.6 Å². The van der Waals surface area contributed by atoms with Crippen molar-refractivity contribution >= 4 is 50.6 Å². The average Bonchev–Trinajstić information content (AvgIpc) is 2.65. The summed E-state index contributed by atoms with van der Waals surface area (Å²) >= 11 is 5.01. The number of hydrogen-bond acceptors (Lipinski definition) is 4. The lowest BCUT2D eigenvalue weighted by molar-refractivity contribution is -0.118. The Hall–Kier alpha value is -2.31. The van der Waals surface area contributed by atoms with Crippen LogP contribution in [0.3, 0.4) is 0 Å². The highest BCUT2D eigenvalue weighted by atomic mass is 79.9. The van der Waals surface area contributed by atoms with Crippen LogP contribution in [0.4, 0.5) is 0 Å². The highest BCUT2D eigenvalue weighted by molar-refractivity contribution is 9.10. The lowest BCUT2D eigenvalue weighted by atomic mass is 10.0. The smallest absolute Gasteiger partial charge is 0.250 e. The number of rotatable bonds is 6. The van der Waals surface area contributed by atoms with Crippen LogP contribution in [-0.2, 0) is 10.5 Å². The summed E-state index contributed by atoms with van der Waals surface area (Å²) in [7, 11) is 0. The molecule has 6 heteroatoms. The number of thioether (sulfide) groups is 1. The maximum atomic E-state index is 11.9. The van der Waals surface area contributed by atoms with Crippen LogP contribution in [0.25, 0.3) is 10.8 Å². The number of amides is 1. The van der Waals surface area contributed by atoms with Crippen LogP contribution >= 0.6 is 27.7 Å². The number of hydrogen-bond donors (Lipinski definition) is 2. The van der Waals surface area contributed by atoms with Crippen LogP contribution in [0, 0.1) is 0 Å². The summed E-state index contributed by atoms with van der Waals surface area (Å²) in [6.45, 7) is 0. The molecule has 26 heavy (non-hydrogen) atoms. The van der Waals surface area contributed by atoms with Crippen molar-refractivity contribution in [1.29, 1.82) is 0 Å². The molecule has 0 aliphatic carbocycles. The fraction of sp³-hybridized carbons (Fsp3) is 0.100. The molecule has 2 N–H and O–H groups in total. The zero-order chi connectivity index (χ0) is 18.4. The van der Waals surface area contributed by atoms with Gasteiger partial charge in [-0.05, 0) is 28.5 Å². The molecule has 0 heterocycles. The molecule has 0 atom stereocenters. The third kappa shape index (κ3) is 4.65. The van der Waals surface area contributed by atoms with Crippen molar-refractivity contribution in [1.82, 2.24) is 5.43 Å². The summed E-state index contributed by atoms with van der Waals surface area (Å²) in [4.78, 5) is 11.9. The van der Waals surface area contributed by atoms with Gasteiger partial charge in [-0.15, -0.1) is 11.8 Å². The van der Waals surface area contributed by atoms with E-state index in [9.17, 15) is 9.90 Å². The Morgan fingerprint density at radius 1 is 1.12 bits per heavy atom. The molecule has 0 bridgehead atoms. The van der Waals surface area contributed by atoms with Crippen molar-refractivity contribution in [2.24, 2.45) is 5.10 Å². The minimum Gasteiger partial charge on any atom is -0.507 e. The van der Waals surface area contributed by atoms with Crippen molar-refractivity contribution in [3.05, 3.63) is 76.3 Å². The lowest BCUT2D eigenvalue weighted by Gasteiger charge is -2.05. The summed E-state index contributed by atoms with van der Waals surface area (Å²) in [6, 6.07) is 19.1. The fourth-order valence-electron chi connectivity index (χ4n) is 2.49. The van der Waals surface area contributed by atoms with Crippen LogP contribution in [-0.4, -0.2) is 23.0 Å². The summed E-state index contributed by atoms with van der Waals surface area (Å²) < 4.78 is 1.04. The van der Waals surface area contributed by atoms with Gasteiger partial charge in [0, 0.05) is 15.8 Å². The van der Waals surface area contributed by atoms with Gasteiger partial charge in [0.1, 0.15) is 5.75 Å². The van der Waals surface area contributed by atoms with E-state index in [2.05, 4.69) is 26.5 Å². The van der Waals surface area contributed by atoms with E-state index in [-0.39, 0.29) is 11.7 Å². The number of nitrogens with one attached hydrogen (secondary N) is 1. The predicted octanol–water partition coefficient (Wildman–Crippen LogP) is 4.69. The van der Waals surface area contributed by atoms with Crippen LogP contribution in [0.15, 0.2) is 70.2 Å². The number of nitrogens with zero attached hydrogens (tertiary/aromatic N) is 1. The van der Waals surface area contributed by atoms with Gasteiger partial charge in [0.05, 0.1) is 12.0 Å². The van der Waals surface area contributed by atoms with E-state index in [1.165, 1.54) is 18.0 Å². The van der Waals surface area contributed by atoms with Crippen molar-refractivity contribution in [3.8, 4) is 5.75 Å². The third-order valence-electron chi connectivity index (χ3n) is 3.78. The highest BCUT2D eigenvalue weighted by Crippen LogP contribution is 2.25. The van der Waals surface area contributed by atoms with Gasteiger partial charge in [0.15, 0.2) is 0 Å². The molecule has 0 aromatic heterocycles. The zero-order valence-electron chi connectivity index (χ0n) is 13.9. The van der Waals surface area contributed by atoms with E-state index in [0.29, 0.717) is 11.3 Å². The molecule has 0 saturated carbocycles. The van der Waals surface area contributed by atoms with E-state index in [4.69, 9.17) is 0 Å². The summed E-state index contributed by atoms with van der Waals surface area (Å²) in [6.07, 6.45) is 1.48. The first-order chi connectivity index (χ1) is 12.6. The Morgan fingerprint density at radius 2 is 1.88 bits per heavy atom. The molecule has 0 radical (unpaired) electrons. The predicted molar refractivity (Wildman–Crippen MR) is 112 cm³/mol. The lowest BCUT2D eigenvalue weighted by Crippen LogP contribution is -2.19. The van der Waals surface area contributed by atoms with Crippen LogP contribution in [0.2, 0.25) is 0 Å². The maximum absolute atomic E-state index is 11.9. The number of phenols is 1. The first-order valence-corrected chi connectivity index (χ1v) is 9.93. The van der Waals surface area contributed by atoms with Gasteiger partial charge in [-0.3, -0.25) is 4.79 Å². The Morgan fingerprint density at radius 3 is 2.73 bits per heavy atom. The molecular weight excluding hydrogens is 412 g/mol. The molecule has 0 saturated heterocycles. The van der Waals surface area contributed by atoms with Gasteiger partial charge in [0.2, 0.25) is 5.91 Å². The van der Waals surface area contributed by atoms with E-state index in [1.54, 1.807) is 6.07 Å². The molecule has 0 aliphatic rings. The minimum atomic E-state index is -0.182. The second kappa shape index (κ2) is 8.87. The average molecular weight is 429 g/mol. The zero-order valence-corrected chi connectivity index (χ0v) is 16.3. The minimum absolute atomic E-state index is 0.130. The molecule has 3 aromatic carbocycles. The third-order valence-corrected chi connectivity index (χ3v) is 5.53. The monoisotopic (exact) mass is 428 g/mol. The summed E-state index contributed by atoms with van der Waals surface area (Å²) in [5, 5.41) is 15.9. The molecule has 1 amide bonds. The molecule has 0 aliphatic heterocycles. The van der Waals surface area contributed by atoms with Gasteiger partial charge in [-0.2, -0.15) is 5.10 Å². The van der Waals surface area contributed by atoms with Gasteiger partial charge in [-0.1, -0.05) is 64.5 Å². The Kier molecular flexibility index (Phi) is 6.30. The highest BCUT2D eigenvalue weighted by Gasteiger charge is 2.05. The van der Waals surface area contributed by atoms with Crippen molar-refractivity contribution in [2.45, 2.75) is 5.75 Å². The van der Waals surface area contributed by atoms with Crippen LogP contribution in [0.1, 0.15) is 11.1 Å². The van der Waals surface area contributed by atoms with Crippen molar-refractivity contribution in [3.63, 3.8) is 0 Å². The normalized spacial score (nSPS) is 11.1. The number of fused-ring (bicyclic) bond motifs is 1. The molecule has 4 nitrogen and oxygen atoms in total. The molecule has 0 fully saturated rings. The summed E-state index contributed by atoms with van der Waals surface area (Å²) in [5.74, 6) is 0.992. The van der Waals surface area contributed by atoms with Crippen molar-refractivity contribution in [2.75, 3.05) is 5.75 Å². The van der Waals surface area contributed by atoms with Gasteiger partial charge in [0.25, 0.3) is 0 Å². The Bertz CT molecular complexity index is 959. The summed E-state index contributed by atoms with van der Waals surface area (Å²) in [5.41, 5.74) is 4.25. The first kappa shape index (κ1) is 18.5. The number of halogens is 1. The van der Waals surface area contributed by atoms with Gasteiger partial charge >= 0.3 is 0 Å². The quantitative estimate of drug-likeness (QED) is 0.442. The van der Waals surface area contributed by atoms with Crippen LogP contribution in [0.5, 0.6) is 5.75 Å². The maximum Gasteiger partial charge on any atom is 0.250 e. The number of phenolic OH excluding ortho intramolecular Hbond substituents is 1. The molecule has 3 aromatic rings. The van der Waals surface area contributed by atoms with E-state index >= 15 is 0 Å². The number of benzene rings is 3. The Balaban J connectivity index is 1.56. The van der Waals surface area contributed by atoms with Gasteiger partial charge < -0.3 is 5.11 Å². The number of aromatic hydroxyl groups is 1. The molecule has 0 unspecified atom stereocenters. The molecule has 3 rings (SSSR count). The van der Waals surface area contributed by atoms with E-state index < -0.39 is 0 Å². The topological polar surface area (TPSA) is 61.7 Å². The second-order valence-corrected chi connectivity index (χ2v) is 7.44. The SMILES string of the molecule is O=C(CSCc1ccccc1Br)NN=Cc1c(O)ccc2ccccc12. The molecule has 0 spiro atoms. The second-order valence-electron chi connectivity index (χ2n) is 5.60.